The summed E-state index contributed by atoms with van der Waals surface area (Å²) in [6, 6.07) is -0.366. The van der Waals surface area contributed by atoms with Gasteiger partial charge in [0.1, 0.15) is 5.01 Å². The second-order valence-corrected chi connectivity index (χ2v) is 5.27. The molecule has 8 heteroatoms. The van der Waals surface area contributed by atoms with Crippen molar-refractivity contribution in [1.82, 2.24) is 20.5 Å². The Labute approximate surface area is 119 Å². The van der Waals surface area contributed by atoms with Gasteiger partial charge in [0.2, 0.25) is 0 Å². The first-order valence-corrected chi connectivity index (χ1v) is 6.79. The van der Waals surface area contributed by atoms with Gasteiger partial charge in [0.15, 0.2) is 5.69 Å². The highest BCUT2D eigenvalue weighted by atomic mass is 32.1. The molecular formula is C12H14N4O3S. The lowest BCUT2D eigenvalue weighted by Crippen LogP contribution is -2.27. The van der Waals surface area contributed by atoms with E-state index in [1.54, 1.807) is 20.8 Å². The summed E-state index contributed by atoms with van der Waals surface area (Å²) in [5.41, 5.74) is 1.81. The van der Waals surface area contributed by atoms with E-state index in [1.807, 2.05) is 0 Å². The molecule has 0 fully saturated rings. The second-order valence-electron chi connectivity index (χ2n) is 4.38. The molecule has 0 saturated carbocycles. The minimum absolute atomic E-state index is 0.0122. The molecule has 0 aromatic carbocycles. The van der Waals surface area contributed by atoms with Gasteiger partial charge in [0.25, 0.3) is 5.91 Å². The number of thiazole rings is 1. The molecular weight excluding hydrogens is 280 g/mol. The van der Waals surface area contributed by atoms with E-state index in [9.17, 15) is 9.59 Å². The van der Waals surface area contributed by atoms with Gasteiger partial charge in [-0.3, -0.25) is 9.89 Å². The van der Waals surface area contributed by atoms with Gasteiger partial charge in [-0.1, -0.05) is 0 Å². The fourth-order valence-electron chi connectivity index (χ4n) is 1.80. The average molecular weight is 294 g/mol. The molecule has 0 aliphatic heterocycles. The number of aromatic carboxylic acids is 1. The Morgan fingerprint density at radius 1 is 1.45 bits per heavy atom. The molecule has 1 amide bonds. The number of hydrogen-bond acceptors (Lipinski definition) is 5. The van der Waals surface area contributed by atoms with Crippen LogP contribution in [0, 0.1) is 13.8 Å². The lowest BCUT2D eigenvalue weighted by Gasteiger charge is -2.11. The number of carbonyl (C=O) groups excluding carboxylic acids is 1. The van der Waals surface area contributed by atoms with Crippen molar-refractivity contribution in [1.29, 1.82) is 0 Å². The summed E-state index contributed by atoms with van der Waals surface area (Å²) in [6.07, 6.45) is 0. The summed E-state index contributed by atoms with van der Waals surface area (Å²) in [5, 5.41) is 20.3. The van der Waals surface area contributed by atoms with Gasteiger partial charge in [-0.2, -0.15) is 5.10 Å². The number of rotatable bonds is 4. The number of carboxylic acids is 1. The van der Waals surface area contributed by atoms with Crippen LogP contribution < -0.4 is 5.32 Å². The molecule has 2 aromatic heterocycles. The van der Waals surface area contributed by atoms with Crippen molar-refractivity contribution in [2.24, 2.45) is 0 Å². The molecule has 2 rings (SSSR count). The Balaban J connectivity index is 2.13. The molecule has 0 bridgehead atoms. The molecule has 0 aliphatic rings. The summed E-state index contributed by atoms with van der Waals surface area (Å²) in [6.45, 7) is 5.27. The fourth-order valence-corrected chi connectivity index (χ4v) is 2.60. The minimum Gasteiger partial charge on any atom is -0.476 e. The summed E-state index contributed by atoms with van der Waals surface area (Å²) < 4.78 is 0. The zero-order valence-electron chi connectivity index (χ0n) is 11.2. The monoisotopic (exact) mass is 294 g/mol. The molecule has 2 aromatic rings. The van der Waals surface area contributed by atoms with Gasteiger partial charge in [-0.05, 0) is 20.8 Å². The van der Waals surface area contributed by atoms with Crippen LogP contribution in [0.25, 0.3) is 0 Å². The van der Waals surface area contributed by atoms with Crippen molar-refractivity contribution >= 4 is 23.2 Å². The fraction of sp³-hybridized carbons (Fsp3) is 0.333. The van der Waals surface area contributed by atoms with Crippen molar-refractivity contribution in [2.75, 3.05) is 0 Å². The van der Waals surface area contributed by atoms with Gasteiger partial charge in [-0.15, -0.1) is 11.3 Å². The van der Waals surface area contributed by atoms with E-state index in [-0.39, 0.29) is 17.6 Å². The Morgan fingerprint density at radius 3 is 2.65 bits per heavy atom. The largest absolute Gasteiger partial charge is 0.476 e. The number of aromatic nitrogens is 3. The standard InChI is InChI=1S/C12H14N4O3S/c1-5-9(6(2)16-15-5)10(17)13-7(3)11-14-8(4-20-11)12(18)19/h4,7H,1-3H3,(H,13,17)(H,15,16)(H,18,19). The SMILES string of the molecule is Cc1n[nH]c(C)c1C(=O)NC(C)c1nc(C(=O)O)cs1. The van der Waals surface area contributed by atoms with Crippen molar-refractivity contribution < 1.29 is 14.7 Å². The normalized spacial score (nSPS) is 12.2. The number of carbonyl (C=O) groups is 2. The number of hydrogen-bond donors (Lipinski definition) is 3. The van der Waals surface area contributed by atoms with E-state index >= 15 is 0 Å². The van der Waals surface area contributed by atoms with Crippen LogP contribution in [-0.2, 0) is 0 Å². The molecule has 0 spiro atoms. The van der Waals surface area contributed by atoms with E-state index in [1.165, 1.54) is 16.7 Å². The van der Waals surface area contributed by atoms with E-state index in [4.69, 9.17) is 5.11 Å². The molecule has 1 atom stereocenters. The Kier molecular flexibility index (Phi) is 3.84. The average Bonchev–Trinajstić information content (AvgIpc) is 2.96. The highest BCUT2D eigenvalue weighted by Crippen LogP contribution is 2.19. The predicted octanol–water partition coefficient (Wildman–Crippen LogP) is 1.67. The maximum Gasteiger partial charge on any atom is 0.355 e. The summed E-state index contributed by atoms with van der Waals surface area (Å²) >= 11 is 1.20. The van der Waals surface area contributed by atoms with Crippen LogP contribution in [-0.4, -0.2) is 32.2 Å². The zero-order valence-corrected chi connectivity index (χ0v) is 12.0. The van der Waals surface area contributed by atoms with Crippen molar-refractivity contribution in [3.63, 3.8) is 0 Å². The highest BCUT2D eigenvalue weighted by molar-refractivity contribution is 7.09. The topological polar surface area (TPSA) is 108 Å². The lowest BCUT2D eigenvalue weighted by atomic mass is 10.2. The van der Waals surface area contributed by atoms with E-state index < -0.39 is 5.97 Å². The van der Waals surface area contributed by atoms with Gasteiger partial charge in [-0.25, -0.2) is 9.78 Å². The third-order valence-corrected chi connectivity index (χ3v) is 3.84. The van der Waals surface area contributed by atoms with Gasteiger partial charge >= 0.3 is 5.97 Å². The van der Waals surface area contributed by atoms with Crippen molar-refractivity contribution in [3.8, 4) is 0 Å². The molecule has 0 saturated heterocycles. The number of aryl methyl sites for hydroxylation is 2. The van der Waals surface area contributed by atoms with Crippen molar-refractivity contribution in [2.45, 2.75) is 26.8 Å². The molecule has 3 N–H and O–H groups in total. The van der Waals surface area contributed by atoms with Crippen LogP contribution in [0.4, 0.5) is 0 Å². The molecule has 106 valence electrons. The smallest absolute Gasteiger partial charge is 0.355 e. The molecule has 0 radical (unpaired) electrons. The quantitative estimate of drug-likeness (QED) is 0.795. The maximum absolute atomic E-state index is 12.2. The predicted molar refractivity (Wildman–Crippen MR) is 73.0 cm³/mol. The summed E-state index contributed by atoms with van der Waals surface area (Å²) in [7, 11) is 0. The molecule has 2 heterocycles. The van der Waals surface area contributed by atoms with E-state index in [2.05, 4.69) is 20.5 Å². The third kappa shape index (κ3) is 2.69. The van der Waals surface area contributed by atoms with Crippen LogP contribution >= 0.6 is 11.3 Å². The Hall–Kier alpha value is -2.22. The first-order chi connectivity index (χ1) is 9.40. The first kappa shape index (κ1) is 14.2. The molecule has 0 aliphatic carbocycles. The minimum atomic E-state index is -1.08. The van der Waals surface area contributed by atoms with E-state index in [0.717, 1.165) is 0 Å². The maximum atomic E-state index is 12.2. The zero-order chi connectivity index (χ0) is 14.9. The van der Waals surface area contributed by atoms with Gasteiger partial charge in [0, 0.05) is 11.1 Å². The number of aromatic amines is 1. The van der Waals surface area contributed by atoms with Crippen LogP contribution in [0.5, 0.6) is 0 Å². The van der Waals surface area contributed by atoms with Crippen molar-refractivity contribution in [3.05, 3.63) is 33.0 Å². The van der Waals surface area contributed by atoms with Crippen LogP contribution in [0.15, 0.2) is 5.38 Å². The summed E-state index contributed by atoms with van der Waals surface area (Å²) in [4.78, 5) is 26.9. The van der Waals surface area contributed by atoms with Crippen LogP contribution in [0.3, 0.4) is 0 Å². The number of carboxylic acid groups (broad SMARTS) is 1. The van der Waals surface area contributed by atoms with Gasteiger partial charge in [0.05, 0.1) is 17.3 Å². The Morgan fingerprint density at radius 2 is 2.15 bits per heavy atom. The van der Waals surface area contributed by atoms with Crippen LogP contribution in [0.2, 0.25) is 0 Å². The van der Waals surface area contributed by atoms with E-state index in [0.29, 0.717) is 22.0 Å². The number of amides is 1. The summed E-state index contributed by atoms with van der Waals surface area (Å²) in [5.74, 6) is -1.33. The number of H-pyrrole nitrogens is 1. The second kappa shape index (κ2) is 5.41. The highest BCUT2D eigenvalue weighted by Gasteiger charge is 2.20. The third-order valence-electron chi connectivity index (χ3n) is 2.81. The number of nitrogens with zero attached hydrogens (tertiary/aromatic N) is 2. The molecule has 20 heavy (non-hydrogen) atoms. The molecule has 1 unspecified atom stereocenters. The number of nitrogens with one attached hydrogen (secondary N) is 2. The Bertz CT molecular complexity index is 642. The lowest BCUT2D eigenvalue weighted by molar-refractivity contribution is 0.0691. The molecule has 7 nitrogen and oxygen atoms in total. The van der Waals surface area contributed by atoms with Gasteiger partial charge < -0.3 is 10.4 Å². The van der Waals surface area contributed by atoms with Crippen LogP contribution in [0.1, 0.15) is 50.2 Å². The first-order valence-electron chi connectivity index (χ1n) is 5.91.